The molecule has 6 nitrogen and oxygen atoms in total. The second-order valence-electron chi connectivity index (χ2n) is 8.98. The first-order valence-electron chi connectivity index (χ1n) is 10.9. The molecule has 5 rings (SSSR count). The topological polar surface area (TPSA) is 77.2 Å². The molecule has 31 heavy (non-hydrogen) atoms. The van der Waals surface area contributed by atoms with Gasteiger partial charge in [-0.3, -0.25) is 14.5 Å². The molecule has 1 aliphatic carbocycles. The van der Waals surface area contributed by atoms with Gasteiger partial charge in [0.05, 0.1) is 5.41 Å². The van der Waals surface area contributed by atoms with Crippen molar-refractivity contribution in [2.24, 2.45) is 11.3 Å². The van der Waals surface area contributed by atoms with Crippen molar-refractivity contribution in [2.75, 3.05) is 20.1 Å². The van der Waals surface area contributed by atoms with Crippen LogP contribution in [0.2, 0.25) is 0 Å². The molecule has 3 aromatic rings. The Morgan fingerprint density at radius 1 is 1.16 bits per heavy atom. The molecular formula is C25H28N4O2. The molecule has 2 amide bonds. The van der Waals surface area contributed by atoms with Crippen molar-refractivity contribution in [1.82, 2.24) is 20.5 Å². The molecular weight excluding hydrogens is 388 g/mol. The van der Waals surface area contributed by atoms with E-state index in [1.54, 1.807) is 7.05 Å². The molecule has 3 atom stereocenters. The number of hydrogen-bond donors (Lipinski definition) is 3. The molecule has 1 aliphatic heterocycles. The summed E-state index contributed by atoms with van der Waals surface area (Å²) in [6.45, 7) is 2.46. The minimum absolute atomic E-state index is 0.00742. The van der Waals surface area contributed by atoms with Crippen LogP contribution in [0.15, 0.2) is 60.8 Å². The van der Waals surface area contributed by atoms with Crippen molar-refractivity contribution in [2.45, 2.75) is 25.4 Å². The first-order chi connectivity index (χ1) is 15.1. The number of likely N-dealkylation sites (tertiary alicyclic amines) is 1. The highest BCUT2D eigenvalue weighted by Crippen LogP contribution is 2.49. The van der Waals surface area contributed by atoms with Crippen molar-refractivity contribution in [3.8, 4) is 0 Å². The van der Waals surface area contributed by atoms with E-state index >= 15 is 0 Å². The summed E-state index contributed by atoms with van der Waals surface area (Å²) in [4.78, 5) is 31.4. The van der Waals surface area contributed by atoms with Gasteiger partial charge in [-0.05, 0) is 47.9 Å². The van der Waals surface area contributed by atoms with Crippen molar-refractivity contribution in [1.29, 1.82) is 0 Å². The van der Waals surface area contributed by atoms with Crippen molar-refractivity contribution < 1.29 is 9.59 Å². The van der Waals surface area contributed by atoms with Gasteiger partial charge in [-0.1, -0.05) is 36.4 Å². The highest BCUT2D eigenvalue weighted by molar-refractivity contribution is 5.98. The number of hydrogen-bond acceptors (Lipinski definition) is 3. The number of nitrogens with one attached hydrogen (secondary N) is 3. The quantitative estimate of drug-likeness (QED) is 0.599. The van der Waals surface area contributed by atoms with Gasteiger partial charge in [-0.2, -0.15) is 0 Å². The first kappa shape index (κ1) is 19.8. The van der Waals surface area contributed by atoms with Crippen LogP contribution in [0.5, 0.6) is 0 Å². The number of benzene rings is 2. The minimum atomic E-state index is -0.440. The smallest absolute Gasteiger partial charge is 0.251 e. The number of fused-ring (bicyclic) bond motifs is 2. The van der Waals surface area contributed by atoms with Gasteiger partial charge in [0.1, 0.15) is 0 Å². The predicted molar refractivity (Wildman–Crippen MR) is 120 cm³/mol. The number of aromatic amines is 1. The van der Waals surface area contributed by atoms with Gasteiger partial charge in [0.25, 0.3) is 5.91 Å². The maximum atomic E-state index is 13.0. The lowest BCUT2D eigenvalue weighted by molar-refractivity contribution is -0.131. The molecule has 2 heterocycles. The van der Waals surface area contributed by atoms with Crippen LogP contribution >= 0.6 is 0 Å². The summed E-state index contributed by atoms with van der Waals surface area (Å²) in [6, 6.07) is 18.1. The number of H-pyrrole nitrogens is 1. The molecule has 1 aromatic heterocycles. The van der Waals surface area contributed by atoms with Crippen molar-refractivity contribution in [3.63, 3.8) is 0 Å². The Morgan fingerprint density at radius 2 is 2.00 bits per heavy atom. The Balaban J connectivity index is 1.29. The number of rotatable bonds is 5. The summed E-state index contributed by atoms with van der Waals surface area (Å²) < 4.78 is 0. The standard InChI is InChI=1S/C25H28N4O2/c1-26-24(31)25-13-21(28-23(30)19-8-7-18-9-10-27-22(18)11-19)12-20(25)15-29(16-25)14-17-5-3-2-4-6-17/h2-11,20-21,27H,12-16H2,1H3,(H,26,31)(H,28,30)/t20-,21-,25-/m0/s1. The summed E-state index contributed by atoms with van der Waals surface area (Å²) in [6.07, 6.45) is 3.38. The van der Waals surface area contributed by atoms with Gasteiger partial charge in [-0.15, -0.1) is 0 Å². The summed E-state index contributed by atoms with van der Waals surface area (Å²) in [5.74, 6) is 0.264. The molecule has 2 aliphatic rings. The summed E-state index contributed by atoms with van der Waals surface area (Å²) in [7, 11) is 1.71. The lowest BCUT2D eigenvalue weighted by Gasteiger charge is -2.27. The number of amides is 2. The van der Waals surface area contributed by atoms with Gasteiger partial charge in [-0.25, -0.2) is 0 Å². The zero-order valence-electron chi connectivity index (χ0n) is 17.7. The van der Waals surface area contributed by atoms with E-state index in [4.69, 9.17) is 0 Å². The molecule has 0 spiro atoms. The van der Waals surface area contributed by atoms with Gasteiger partial charge in [0, 0.05) is 50.0 Å². The van der Waals surface area contributed by atoms with E-state index in [2.05, 4.69) is 44.8 Å². The second kappa shape index (κ2) is 7.85. The van der Waals surface area contributed by atoms with Gasteiger partial charge in [0.2, 0.25) is 5.91 Å². The van der Waals surface area contributed by atoms with E-state index < -0.39 is 5.41 Å². The third-order valence-corrected chi connectivity index (χ3v) is 7.03. The second-order valence-corrected chi connectivity index (χ2v) is 8.98. The van der Waals surface area contributed by atoms with Crippen LogP contribution in [0.3, 0.4) is 0 Å². The molecule has 2 aromatic carbocycles. The van der Waals surface area contributed by atoms with E-state index in [-0.39, 0.29) is 23.8 Å². The molecule has 6 heteroatoms. The first-order valence-corrected chi connectivity index (χ1v) is 10.9. The molecule has 1 saturated heterocycles. The fourth-order valence-corrected chi connectivity index (χ4v) is 5.61. The SMILES string of the molecule is CNC(=O)[C@]12C[C@@H](NC(=O)c3ccc4cc[nH]c4c3)C[C@H]1CN(Cc1ccccc1)C2. The predicted octanol–water partition coefficient (Wildman–Crippen LogP) is 2.92. The number of aromatic nitrogens is 1. The van der Waals surface area contributed by atoms with Crippen LogP contribution in [-0.2, 0) is 11.3 Å². The highest BCUT2D eigenvalue weighted by atomic mass is 16.2. The molecule has 1 saturated carbocycles. The lowest BCUT2D eigenvalue weighted by atomic mass is 9.80. The Bertz CT molecular complexity index is 1110. The van der Waals surface area contributed by atoms with Crippen LogP contribution < -0.4 is 10.6 Å². The third kappa shape index (κ3) is 3.61. The Labute approximate surface area is 182 Å². The monoisotopic (exact) mass is 416 g/mol. The Morgan fingerprint density at radius 3 is 2.81 bits per heavy atom. The van der Waals surface area contributed by atoms with Gasteiger partial charge < -0.3 is 15.6 Å². The number of nitrogens with zero attached hydrogens (tertiary/aromatic N) is 1. The van der Waals surface area contributed by atoms with E-state index in [0.717, 1.165) is 37.0 Å². The molecule has 2 fully saturated rings. The van der Waals surface area contributed by atoms with E-state index in [0.29, 0.717) is 12.0 Å². The van der Waals surface area contributed by atoms with Crippen LogP contribution in [0.4, 0.5) is 0 Å². The summed E-state index contributed by atoms with van der Waals surface area (Å²) >= 11 is 0. The lowest BCUT2D eigenvalue weighted by Crippen LogP contribution is -2.44. The average Bonchev–Trinajstić information content (AvgIpc) is 3.46. The van der Waals surface area contributed by atoms with Crippen LogP contribution in [0, 0.1) is 11.3 Å². The molecule has 0 bridgehead atoms. The van der Waals surface area contributed by atoms with E-state index in [9.17, 15) is 9.59 Å². The van der Waals surface area contributed by atoms with Crippen LogP contribution in [0.1, 0.15) is 28.8 Å². The fourth-order valence-electron chi connectivity index (χ4n) is 5.61. The maximum Gasteiger partial charge on any atom is 0.251 e. The normalized spacial score (nSPS) is 25.5. The van der Waals surface area contributed by atoms with Crippen molar-refractivity contribution >= 4 is 22.7 Å². The third-order valence-electron chi connectivity index (χ3n) is 7.03. The summed E-state index contributed by atoms with van der Waals surface area (Å²) in [5, 5.41) is 7.18. The number of carbonyl (C=O) groups excluding carboxylic acids is 2. The molecule has 0 radical (unpaired) electrons. The van der Waals surface area contributed by atoms with E-state index in [1.165, 1.54) is 5.56 Å². The van der Waals surface area contributed by atoms with Crippen LogP contribution in [-0.4, -0.2) is 47.9 Å². The largest absolute Gasteiger partial charge is 0.361 e. The van der Waals surface area contributed by atoms with Gasteiger partial charge >= 0.3 is 0 Å². The molecule has 160 valence electrons. The number of carbonyl (C=O) groups is 2. The highest BCUT2D eigenvalue weighted by Gasteiger charge is 2.57. The maximum absolute atomic E-state index is 13.0. The molecule has 3 N–H and O–H groups in total. The zero-order valence-corrected chi connectivity index (χ0v) is 17.7. The fraction of sp³-hybridized carbons (Fsp3) is 0.360. The Kier molecular flexibility index (Phi) is 5.02. The summed E-state index contributed by atoms with van der Waals surface area (Å²) in [5.41, 5.74) is 2.42. The van der Waals surface area contributed by atoms with Crippen molar-refractivity contribution in [3.05, 3.63) is 71.9 Å². The molecule has 0 unspecified atom stereocenters. The Hall–Kier alpha value is -3.12. The van der Waals surface area contributed by atoms with Crippen LogP contribution in [0.25, 0.3) is 10.9 Å². The van der Waals surface area contributed by atoms with E-state index in [1.807, 2.05) is 36.5 Å². The zero-order chi connectivity index (χ0) is 21.4. The average molecular weight is 417 g/mol. The minimum Gasteiger partial charge on any atom is -0.361 e. The van der Waals surface area contributed by atoms with Gasteiger partial charge in [0.15, 0.2) is 0 Å².